The van der Waals surface area contributed by atoms with Crippen LogP contribution in [0.15, 0.2) is 24.3 Å². The summed E-state index contributed by atoms with van der Waals surface area (Å²) < 4.78 is 4.95. The maximum atomic E-state index is 11.2. The van der Waals surface area contributed by atoms with Crippen LogP contribution in [0, 0.1) is 0 Å². The van der Waals surface area contributed by atoms with Crippen LogP contribution in [0.4, 0.5) is 0 Å². The molecule has 0 fully saturated rings. The molecule has 0 bridgehead atoms. The number of carboxylic acids is 1. The van der Waals surface area contributed by atoms with Crippen molar-refractivity contribution in [2.24, 2.45) is 0 Å². The van der Waals surface area contributed by atoms with Crippen molar-refractivity contribution in [3.8, 4) is 0 Å². The normalized spacial score (nSPS) is 10.4. The van der Waals surface area contributed by atoms with Crippen LogP contribution in [-0.4, -0.2) is 11.9 Å². The third kappa shape index (κ3) is 4.99. The molecule has 0 aliphatic rings. The predicted molar refractivity (Wildman–Crippen MR) is 64.6 cm³/mol. The highest BCUT2D eigenvalue weighted by Crippen LogP contribution is 2.15. The van der Waals surface area contributed by atoms with E-state index in [0.29, 0.717) is 5.92 Å². The van der Waals surface area contributed by atoms with Gasteiger partial charge in [0, 0.05) is 5.97 Å². The van der Waals surface area contributed by atoms with Gasteiger partial charge >= 0.3 is 5.97 Å². The number of hydrogen-bond acceptors (Lipinski definition) is 4. The Morgan fingerprint density at radius 2 is 1.78 bits per heavy atom. The van der Waals surface area contributed by atoms with E-state index in [4.69, 9.17) is 4.74 Å². The van der Waals surface area contributed by atoms with Gasteiger partial charge in [0.15, 0.2) is 0 Å². The summed E-state index contributed by atoms with van der Waals surface area (Å²) in [6.45, 7) is 4.38. The van der Waals surface area contributed by atoms with Crippen molar-refractivity contribution in [3.63, 3.8) is 0 Å². The summed E-state index contributed by atoms with van der Waals surface area (Å²) in [5, 5.41) is 10.2. The molecule has 0 radical (unpaired) electrons. The third-order valence-electron chi connectivity index (χ3n) is 2.58. The summed E-state index contributed by atoms with van der Waals surface area (Å²) in [6.07, 6.45) is -0.447. The molecule has 0 spiro atoms. The van der Waals surface area contributed by atoms with E-state index in [1.807, 2.05) is 24.3 Å². The topological polar surface area (TPSA) is 66.4 Å². The second-order valence-electron chi connectivity index (χ2n) is 4.43. The number of hydrogen-bond donors (Lipinski definition) is 0. The quantitative estimate of drug-likeness (QED) is 0.714. The lowest BCUT2D eigenvalue weighted by Gasteiger charge is -2.08. The van der Waals surface area contributed by atoms with Crippen LogP contribution in [0.3, 0.4) is 0 Å². The minimum Gasteiger partial charge on any atom is -0.550 e. The van der Waals surface area contributed by atoms with Crippen molar-refractivity contribution in [1.29, 1.82) is 0 Å². The van der Waals surface area contributed by atoms with Crippen molar-refractivity contribution in [2.75, 3.05) is 0 Å². The van der Waals surface area contributed by atoms with E-state index in [-0.39, 0.29) is 19.4 Å². The summed E-state index contributed by atoms with van der Waals surface area (Å²) in [4.78, 5) is 21.3. The van der Waals surface area contributed by atoms with E-state index in [2.05, 4.69) is 13.8 Å². The Bertz CT molecular complexity index is 406. The van der Waals surface area contributed by atoms with Crippen molar-refractivity contribution >= 4 is 11.9 Å². The monoisotopic (exact) mass is 249 g/mol. The first-order valence-electron chi connectivity index (χ1n) is 5.93. The number of esters is 1. The number of ether oxygens (including phenoxy) is 1. The summed E-state index contributed by atoms with van der Waals surface area (Å²) in [5.74, 6) is -1.30. The largest absolute Gasteiger partial charge is 0.550 e. The average molecular weight is 249 g/mol. The lowest BCUT2D eigenvalue weighted by atomic mass is 10.0. The Morgan fingerprint density at radius 3 is 2.28 bits per heavy atom. The van der Waals surface area contributed by atoms with Crippen molar-refractivity contribution in [1.82, 2.24) is 0 Å². The first kappa shape index (κ1) is 14.2. The van der Waals surface area contributed by atoms with Gasteiger partial charge in [0.1, 0.15) is 6.61 Å². The van der Waals surface area contributed by atoms with Crippen LogP contribution >= 0.6 is 0 Å². The molecule has 1 aromatic rings. The van der Waals surface area contributed by atoms with Gasteiger partial charge < -0.3 is 14.6 Å². The maximum absolute atomic E-state index is 11.2. The predicted octanol–water partition coefficient (Wildman–Crippen LogP) is 1.38. The Hall–Kier alpha value is -1.84. The minimum absolute atomic E-state index is 0.146. The number of rotatable bonds is 6. The van der Waals surface area contributed by atoms with Gasteiger partial charge in [-0.25, -0.2) is 0 Å². The number of carboxylic acid groups (broad SMARTS) is 1. The van der Waals surface area contributed by atoms with Gasteiger partial charge in [0.2, 0.25) is 0 Å². The molecule has 1 aromatic carbocycles. The highest BCUT2D eigenvalue weighted by molar-refractivity contribution is 5.75. The zero-order valence-electron chi connectivity index (χ0n) is 10.6. The molecule has 0 saturated heterocycles. The van der Waals surface area contributed by atoms with Gasteiger partial charge in [-0.1, -0.05) is 38.1 Å². The molecule has 0 heterocycles. The smallest absolute Gasteiger partial charge is 0.306 e. The second kappa shape index (κ2) is 6.79. The van der Waals surface area contributed by atoms with Gasteiger partial charge in [-0.05, 0) is 23.5 Å². The molecule has 0 aromatic heterocycles. The van der Waals surface area contributed by atoms with Crippen molar-refractivity contribution in [3.05, 3.63) is 35.4 Å². The van der Waals surface area contributed by atoms with Crippen LogP contribution in [0.2, 0.25) is 0 Å². The highest BCUT2D eigenvalue weighted by atomic mass is 16.5. The van der Waals surface area contributed by atoms with Crippen molar-refractivity contribution < 1.29 is 19.4 Å². The van der Waals surface area contributed by atoms with Gasteiger partial charge in [0.05, 0.1) is 6.42 Å². The maximum Gasteiger partial charge on any atom is 0.306 e. The van der Waals surface area contributed by atoms with Crippen LogP contribution < -0.4 is 5.11 Å². The Balaban J connectivity index is 2.39. The van der Waals surface area contributed by atoms with E-state index >= 15 is 0 Å². The average Bonchev–Trinajstić information content (AvgIpc) is 2.34. The standard InChI is InChI=1S/C14H18O4/c1-10(2)12-5-3-11(4-6-12)9-18-14(17)8-7-13(15)16/h3-6,10H,7-9H2,1-2H3,(H,15,16)/p-1. The van der Waals surface area contributed by atoms with E-state index in [1.165, 1.54) is 5.56 Å². The lowest BCUT2D eigenvalue weighted by Crippen LogP contribution is -2.23. The molecule has 98 valence electrons. The molecule has 0 saturated carbocycles. The number of aliphatic carboxylic acids is 1. The molecular formula is C14H17O4-. The molecule has 0 N–H and O–H groups in total. The van der Waals surface area contributed by atoms with Crippen molar-refractivity contribution in [2.45, 2.75) is 39.2 Å². The molecule has 18 heavy (non-hydrogen) atoms. The van der Waals surface area contributed by atoms with Crippen LogP contribution in [0.25, 0.3) is 0 Å². The van der Waals surface area contributed by atoms with Gasteiger partial charge in [-0.2, -0.15) is 0 Å². The third-order valence-corrected chi connectivity index (χ3v) is 2.58. The summed E-state index contributed by atoms with van der Waals surface area (Å²) in [7, 11) is 0. The zero-order chi connectivity index (χ0) is 13.5. The fraction of sp³-hybridized carbons (Fsp3) is 0.429. The fourth-order valence-electron chi connectivity index (χ4n) is 1.44. The number of carbonyl (C=O) groups is 2. The van der Waals surface area contributed by atoms with E-state index in [9.17, 15) is 14.7 Å². The fourth-order valence-corrected chi connectivity index (χ4v) is 1.44. The molecule has 4 nitrogen and oxygen atoms in total. The van der Waals surface area contributed by atoms with Crippen LogP contribution in [0.5, 0.6) is 0 Å². The molecule has 0 unspecified atom stereocenters. The summed E-state index contributed by atoms with van der Waals surface area (Å²) in [6, 6.07) is 7.80. The molecule has 1 rings (SSSR count). The van der Waals surface area contributed by atoms with E-state index in [0.717, 1.165) is 5.56 Å². The first-order valence-corrected chi connectivity index (χ1v) is 5.93. The van der Waals surface area contributed by atoms with E-state index in [1.54, 1.807) is 0 Å². The summed E-state index contributed by atoms with van der Waals surface area (Å²) in [5.41, 5.74) is 2.11. The first-order chi connectivity index (χ1) is 8.49. The second-order valence-corrected chi connectivity index (χ2v) is 4.43. The zero-order valence-corrected chi connectivity index (χ0v) is 10.6. The van der Waals surface area contributed by atoms with Crippen LogP contribution in [-0.2, 0) is 20.9 Å². The molecule has 0 aliphatic heterocycles. The highest BCUT2D eigenvalue weighted by Gasteiger charge is 2.04. The Morgan fingerprint density at radius 1 is 1.17 bits per heavy atom. The van der Waals surface area contributed by atoms with Gasteiger partial charge in [0.25, 0.3) is 0 Å². The van der Waals surface area contributed by atoms with Gasteiger partial charge in [-0.15, -0.1) is 0 Å². The minimum atomic E-state index is -1.24. The van der Waals surface area contributed by atoms with Crippen LogP contribution in [0.1, 0.15) is 43.7 Å². The lowest BCUT2D eigenvalue weighted by molar-refractivity contribution is -0.305. The Kier molecular flexibility index (Phi) is 5.36. The molecule has 0 atom stereocenters. The summed E-state index contributed by atoms with van der Waals surface area (Å²) >= 11 is 0. The SMILES string of the molecule is CC(C)c1ccc(COC(=O)CCC(=O)[O-])cc1. The Labute approximate surface area is 107 Å². The van der Waals surface area contributed by atoms with Gasteiger partial charge in [-0.3, -0.25) is 4.79 Å². The number of carbonyl (C=O) groups excluding carboxylic acids is 2. The molecule has 4 heteroatoms. The molecular weight excluding hydrogens is 232 g/mol. The molecule has 0 aliphatic carbocycles. The number of benzene rings is 1. The van der Waals surface area contributed by atoms with E-state index < -0.39 is 11.9 Å². The molecule has 0 amide bonds.